The molecule has 0 aliphatic carbocycles. The second-order valence-corrected chi connectivity index (χ2v) is 22.1. The zero-order valence-electron chi connectivity index (χ0n) is 45.5. The standard InChI is InChI=1S/C53H89N5O14/c1-15-17-43-53(11,65)46(61)35(6)57(13)28-31(2)26-51(9,64)48(33(4)45(34(5)49(63)71-43)68-30-41-27-52(10,66-14)47(62)37(8)70-41)72-50-44(60)42(24-32(3)69-50)56(12)21-20-39-29-58(55-54-39)22-23-67-40-19-16-18-38(25-40)36(7)59/h16,18-19,25,29,31-35,37,41-48,50,60-62,64-65H,15,17,20-24,26-28,30H2,1-14H3/t31-,32-,33+,34-,35-,37+,41-,42+,43-,44-,45+,46-,47+,48-,50+,51-,52-,53-/m1/s1. The second-order valence-electron chi connectivity index (χ2n) is 22.1. The molecule has 3 saturated heterocycles. The molecule has 3 fully saturated rings. The number of likely N-dealkylation sites (N-methyl/N-ethyl adjacent to an activating group) is 2. The first-order valence-corrected chi connectivity index (χ1v) is 26.1. The molecule has 5 N–H and O–H groups in total. The molecule has 410 valence electrons. The topological polar surface area (TPSA) is 237 Å². The van der Waals surface area contributed by atoms with Crippen molar-refractivity contribution in [1.29, 1.82) is 0 Å². The summed E-state index contributed by atoms with van der Waals surface area (Å²) < 4.78 is 45.9. The number of Topliss-reactive ketones (excluding diaryl/α,β-unsaturated/α-hetero) is 1. The van der Waals surface area contributed by atoms with Crippen molar-refractivity contribution in [2.24, 2.45) is 17.8 Å². The lowest BCUT2D eigenvalue weighted by Crippen LogP contribution is -2.60. The van der Waals surface area contributed by atoms with Crippen LogP contribution in [0.5, 0.6) is 5.75 Å². The molecule has 0 saturated carbocycles. The van der Waals surface area contributed by atoms with Gasteiger partial charge in [-0.2, -0.15) is 0 Å². The smallest absolute Gasteiger partial charge is 0.311 e. The molecule has 19 nitrogen and oxygen atoms in total. The molecular weight excluding hydrogens is 931 g/mol. The minimum atomic E-state index is -1.82. The van der Waals surface area contributed by atoms with Crippen molar-refractivity contribution >= 4 is 11.8 Å². The number of rotatable bonds is 17. The number of carbonyl (C=O) groups excluding carboxylic acids is 2. The molecule has 18 atom stereocenters. The van der Waals surface area contributed by atoms with E-state index in [1.807, 2.05) is 66.7 Å². The van der Waals surface area contributed by atoms with Crippen LogP contribution in [0.2, 0.25) is 0 Å². The third-order valence-electron chi connectivity index (χ3n) is 15.7. The Morgan fingerprint density at radius 2 is 1.72 bits per heavy atom. The minimum Gasteiger partial charge on any atom is -0.492 e. The van der Waals surface area contributed by atoms with Crippen LogP contribution in [0.1, 0.15) is 124 Å². The van der Waals surface area contributed by atoms with Crippen LogP contribution in [0.3, 0.4) is 0 Å². The van der Waals surface area contributed by atoms with Crippen LogP contribution in [0.15, 0.2) is 30.5 Å². The summed E-state index contributed by atoms with van der Waals surface area (Å²) in [7, 11) is 5.32. The molecule has 4 heterocycles. The lowest BCUT2D eigenvalue weighted by atomic mass is 9.77. The monoisotopic (exact) mass is 1020 g/mol. The van der Waals surface area contributed by atoms with Gasteiger partial charge in [0.05, 0.1) is 66.5 Å². The van der Waals surface area contributed by atoms with E-state index in [0.29, 0.717) is 56.8 Å². The molecule has 0 unspecified atom stereocenters. The normalized spacial score (nSPS) is 39.0. The van der Waals surface area contributed by atoms with E-state index in [4.69, 9.17) is 33.2 Å². The average molecular weight is 1020 g/mol. The number of aromatic nitrogens is 3. The second kappa shape index (κ2) is 25.6. The average Bonchev–Trinajstić information content (AvgIpc) is 3.78. The van der Waals surface area contributed by atoms with Crippen LogP contribution in [0, 0.1) is 17.8 Å². The number of ketones is 1. The van der Waals surface area contributed by atoms with Crippen molar-refractivity contribution in [2.75, 3.05) is 47.5 Å². The fourth-order valence-corrected chi connectivity index (χ4v) is 11.2. The number of hydrogen-bond acceptors (Lipinski definition) is 18. The molecule has 72 heavy (non-hydrogen) atoms. The number of benzene rings is 1. The Hall–Kier alpha value is -3.18. The van der Waals surface area contributed by atoms with Gasteiger partial charge in [0, 0.05) is 62.8 Å². The Balaban J connectivity index is 1.40. The third kappa shape index (κ3) is 14.8. The highest BCUT2D eigenvalue weighted by molar-refractivity contribution is 5.94. The lowest BCUT2D eigenvalue weighted by molar-refractivity contribution is -0.301. The number of nitrogens with zero attached hydrogens (tertiary/aromatic N) is 5. The summed E-state index contributed by atoms with van der Waals surface area (Å²) in [6.45, 7) is 21.1. The van der Waals surface area contributed by atoms with Gasteiger partial charge in [0.25, 0.3) is 0 Å². The first-order valence-electron chi connectivity index (χ1n) is 26.1. The van der Waals surface area contributed by atoms with Gasteiger partial charge in [-0.25, -0.2) is 4.68 Å². The summed E-state index contributed by atoms with van der Waals surface area (Å²) in [6, 6.07) is 6.06. The number of aliphatic hydroxyl groups is 5. The highest BCUT2D eigenvalue weighted by atomic mass is 16.7. The van der Waals surface area contributed by atoms with E-state index in [-0.39, 0.29) is 43.7 Å². The number of aliphatic hydroxyl groups excluding tert-OH is 3. The summed E-state index contributed by atoms with van der Waals surface area (Å²) in [5, 5.41) is 68.4. The Labute approximate surface area is 427 Å². The van der Waals surface area contributed by atoms with E-state index in [1.165, 1.54) is 13.8 Å². The van der Waals surface area contributed by atoms with E-state index >= 15 is 0 Å². The van der Waals surface area contributed by atoms with Gasteiger partial charge >= 0.3 is 5.97 Å². The van der Waals surface area contributed by atoms with Gasteiger partial charge in [0.1, 0.15) is 42.4 Å². The maximum atomic E-state index is 14.6. The molecule has 2 aromatic rings. The molecule has 3 aliphatic heterocycles. The summed E-state index contributed by atoms with van der Waals surface area (Å²) in [5.74, 6) is -2.08. The van der Waals surface area contributed by atoms with Gasteiger partial charge < -0.3 is 68.5 Å². The fraction of sp³-hybridized carbons (Fsp3) is 0.811. The SMILES string of the molecule is CCC[C@H]1OC(=O)[C@H](C)[C@@H](OC[C@H]2C[C@@](C)(OC)[C@@H](O)[C@H](C)O2)[C@H](C)[C@@H](O[C@@H]2O[C@H](C)C[C@H](N(C)CCc3cn(CCOc4cccc(C(C)=O)c4)nn3)[C@H]2O)[C@](C)(O)C[C@@H](C)CN(C)[C@H](C)[C@@H](O)[C@]1(C)O. The summed E-state index contributed by atoms with van der Waals surface area (Å²) in [5.41, 5.74) is -3.04. The van der Waals surface area contributed by atoms with Gasteiger partial charge in [-0.1, -0.05) is 44.5 Å². The number of hydrogen-bond donors (Lipinski definition) is 5. The fourth-order valence-electron chi connectivity index (χ4n) is 11.2. The van der Waals surface area contributed by atoms with Crippen LogP contribution in [-0.4, -0.2) is 200 Å². The molecule has 0 spiro atoms. The predicted octanol–water partition coefficient (Wildman–Crippen LogP) is 3.82. The zero-order valence-corrected chi connectivity index (χ0v) is 45.5. The van der Waals surface area contributed by atoms with Gasteiger partial charge in [-0.15, -0.1) is 5.10 Å². The summed E-state index contributed by atoms with van der Waals surface area (Å²) >= 11 is 0. The molecular formula is C53H89N5O14. The largest absolute Gasteiger partial charge is 0.492 e. The van der Waals surface area contributed by atoms with E-state index in [9.17, 15) is 35.1 Å². The number of methoxy groups -OCH3 is 1. The third-order valence-corrected chi connectivity index (χ3v) is 15.7. The first kappa shape index (κ1) is 59.7. The molecule has 1 aromatic heterocycles. The molecule has 5 rings (SSSR count). The van der Waals surface area contributed by atoms with E-state index in [2.05, 4.69) is 15.2 Å². The Morgan fingerprint density at radius 1 is 1.01 bits per heavy atom. The van der Waals surface area contributed by atoms with Crippen molar-refractivity contribution in [3.05, 3.63) is 41.7 Å². The molecule has 0 bridgehead atoms. The van der Waals surface area contributed by atoms with Crippen molar-refractivity contribution in [1.82, 2.24) is 24.8 Å². The number of ether oxygens (including phenoxy) is 7. The van der Waals surface area contributed by atoms with Crippen LogP contribution < -0.4 is 4.74 Å². The van der Waals surface area contributed by atoms with E-state index in [1.54, 1.807) is 56.8 Å². The first-order chi connectivity index (χ1) is 33.7. The molecule has 0 radical (unpaired) electrons. The maximum absolute atomic E-state index is 14.6. The highest BCUT2D eigenvalue weighted by Crippen LogP contribution is 2.39. The Morgan fingerprint density at radius 3 is 2.39 bits per heavy atom. The maximum Gasteiger partial charge on any atom is 0.311 e. The van der Waals surface area contributed by atoms with E-state index in [0.717, 1.165) is 5.69 Å². The van der Waals surface area contributed by atoms with Crippen molar-refractivity contribution < 1.29 is 68.3 Å². The highest BCUT2D eigenvalue weighted by Gasteiger charge is 2.52. The van der Waals surface area contributed by atoms with Crippen LogP contribution in [0.4, 0.5) is 0 Å². The van der Waals surface area contributed by atoms with Crippen molar-refractivity contribution in [2.45, 2.75) is 211 Å². The molecule has 0 amide bonds. The molecule has 1 aromatic carbocycles. The lowest BCUT2D eigenvalue weighted by Gasteiger charge is -2.48. The number of carbonyl (C=O) groups is 2. The Bertz CT molecular complexity index is 2020. The van der Waals surface area contributed by atoms with Crippen molar-refractivity contribution in [3.63, 3.8) is 0 Å². The molecule has 3 aliphatic rings. The van der Waals surface area contributed by atoms with Crippen molar-refractivity contribution in [3.8, 4) is 5.75 Å². The summed E-state index contributed by atoms with van der Waals surface area (Å²) in [6.07, 6.45) is -5.02. The van der Waals surface area contributed by atoms with Gasteiger partial charge in [0.2, 0.25) is 0 Å². The predicted molar refractivity (Wildman–Crippen MR) is 268 cm³/mol. The Kier molecular flexibility index (Phi) is 21.2. The van der Waals surface area contributed by atoms with Gasteiger partial charge in [-0.05, 0) is 107 Å². The quantitative estimate of drug-likeness (QED) is 0.112. The van der Waals surface area contributed by atoms with Crippen LogP contribution in [-0.2, 0) is 46.2 Å². The van der Waals surface area contributed by atoms with Gasteiger partial charge in [0.15, 0.2) is 12.1 Å². The number of cyclic esters (lactones) is 1. The van der Waals surface area contributed by atoms with Crippen LogP contribution in [0.25, 0.3) is 0 Å². The minimum absolute atomic E-state index is 0.0182. The van der Waals surface area contributed by atoms with Gasteiger partial charge in [-0.3, -0.25) is 9.59 Å². The van der Waals surface area contributed by atoms with E-state index < -0.39 is 102 Å². The van der Waals surface area contributed by atoms with Crippen LogP contribution >= 0.6 is 0 Å². The number of esters is 1. The summed E-state index contributed by atoms with van der Waals surface area (Å²) in [4.78, 5) is 30.3. The molecule has 19 heteroatoms. The zero-order chi connectivity index (χ0) is 53.5.